The lowest BCUT2D eigenvalue weighted by Gasteiger charge is -2.58. The Labute approximate surface area is 99.0 Å². The first-order chi connectivity index (χ1) is 7.50. The zero-order chi connectivity index (χ0) is 11.4. The van der Waals surface area contributed by atoms with Crippen LogP contribution in [0, 0.1) is 28.6 Å². The van der Waals surface area contributed by atoms with Gasteiger partial charge in [0.05, 0.1) is 0 Å². The summed E-state index contributed by atoms with van der Waals surface area (Å²) < 4.78 is 0. The lowest BCUT2D eigenvalue weighted by molar-refractivity contribution is -0.121. The Morgan fingerprint density at radius 2 is 1.50 bits per heavy atom. The first-order valence-corrected chi connectivity index (χ1v) is 6.97. The summed E-state index contributed by atoms with van der Waals surface area (Å²) in [5.41, 5.74) is 0.463. The zero-order valence-corrected chi connectivity index (χ0v) is 10.7. The summed E-state index contributed by atoms with van der Waals surface area (Å²) >= 11 is 0. The summed E-state index contributed by atoms with van der Waals surface area (Å²) in [6, 6.07) is 0. The summed E-state index contributed by atoms with van der Waals surface area (Å²) in [6.45, 7) is 4.25. The molecule has 1 nitrogen and oxygen atoms in total. The third kappa shape index (κ3) is 1.72. The monoisotopic (exact) mass is 220 g/mol. The van der Waals surface area contributed by atoms with E-state index in [9.17, 15) is 4.79 Å². The molecule has 0 aliphatic heterocycles. The van der Waals surface area contributed by atoms with Crippen LogP contribution in [0.5, 0.6) is 0 Å². The van der Waals surface area contributed by atoms with E-state index in [0.717, 1.165) is 24.2 Å². The Hall–Kier alpha value is -0.330. The molecule has 0 radical (unpaired) electrons. The van der Waals surface area contributed by atoms with E-state index in [2.05, 4.69) is 13.8 Å². The van der Waals surface area contributed by atoms with Gasteiger partial charge in [-0.2, -0.15) is 0 Å². The topological polar surface area (TPSA) is 17.1 Å². The van der Waals surface area contributed by atoms with Crippen LogP contribution >= 0.6 is 0 Å². The Kier molecular flexibility index (Phi) is 2.25. The number of hydrogen-bond donors (Lipinski definition) is 0. The summed E-state index contributed by atoms with van der Waals surface area (Å²) in [6.07, 6.45) is 11.1. The number of carbonyl (C=O) groups excluding carboxylic acids is 1. The van der Waals surface area contributed by atoms with Crippen LogP contribution in [-0.2, 0) is 4.79 Å². The molecule has 0 spiro atoms. The van der Waals surface area contributed by atoms with Crippen molar-refractivity contribution in [2.24, 2.45) is 28.6 Å². The fourth-order valence-electron chi connectivity index (χ4n) is 5.51. The van der Waals surface area contributed by atoms with Gasteiger partial charge in [0.25, 0.3) is 0 Å². The van der Waals surface area contributed by atoms with Crippen molar-refractivity contribution in [1.82, 2.24) is 0 Å². The second-order valence-corrected chi connectivity index (χ2v) is 7.70. The van der Waals surface area contributed by atoms with Crippen LogP contribution in [0.2, 0.25) is 0 Å². The van der Waals surface area contributed by atoms with Gasteiger partial charge in [0.1, 0.15) is 6.29 Å². The van der Waals surface area contributed by atoms with Gasteiger partial charge in [-0.15, -0.1) is 0 Å². The predicted molar refractivity (Wildman–Crippen MR) is 65.1 cm³/mol. The maximum Gasteiger partial charge on any atom is 0.125 e. The molecule has 0 unspecified atom stereocenters. The van der Waals surface area contributed by atoms with Crippen LogP contribution in [0.1, 0.15) is 58.8 Å². The quantitative estimate of drug-likeness (QED) is 0.661. The number of hydrogen-bond acceptors (Lipinski definition) is 1. The first-order valence-electron chi connectivity index (χ1n) is 6.97. The Bertz CT molecular complexity index is 267. The van der Waals surface area contributed by atoms with Crippen molar-refractivity contribution in [1.29, 1.82) is 0 Å². The molecular formula is C15H24O. The molecule has 4 rings (SSSR count). The zero-order valence-electron chi connectivity index (χ0n) is 10.7. The van der Waals surface area contributed by atoms with Crippen molar-refractivity contribution < 1.29 is 4.79 Å². The Morgan fingerprint density at radius 3 is 1.88 bits per heavy atom. The van der Waals surface area contributed by atoms with E-state index in [4.69, 9.17) is 0 Å². The molecule has 16 heavy (non-hydrogen) atoms. The molecule has 90 valence electrons. The predicted octanol–water partition coefficient (Wildman–Crippen LogP) is 3.82. The minimum absolute atomic E-state index is 0.0916. The van der Waals surface area contributed by atoms with Gasteiger partial charge < -0.3 is 4.79 Å². The van der Waals surface area contributed by atoms with E-state index >= 15 is 0 Å². The fourth-order valence-corrected chi connectivity index (χ4v) is 5.51. The first kappa shape index (κ1) is 10.8. The molecule has 0 saturated heterocycles. The largest absolute Gasteiger partial charge is 0.303 e. The van der Waals surface area contributed by atoms with Gasteiger partial charge in [0.2, 0.25) is 0 Å². The average Bonchev–Trinajstić information content (AvgIpc) is 2.13. The van der Waals surface area contributed by atoms with Crippen LogP contribution in [0.25, 0.3) is 0 Å². The molecule has 4 saturated carbocycles. The van der Waals surface area contributed by atoms with Gasteiger partial charge in [-0.3, -0.25) is 0 Å². The summed E-state index contributed by atoms with van der Waals surface area (Å²) in [5, 5.41) is 0. The maximum absolute atomic E-state index is 11.2. The molecule has 0 aromatic carbocycles. The normalized spacial score (nSPS) is 46.0. The highest BCUT2D eigenvalue weighted by molar-refractivity contribution is 5.58. The van der Waals surface area contributed by atoms with E-state index in [0.29, 0.717) is 5.41 Å². The smallest absolute Gasteiger partial charge is 0.125 e. The maximum atomic E-state index is 11.2. The lowest BCUT2D eigenvalue weighted by Crippen LogP contribution is -2.47. The van der Waals surface area contributed by atoms with Crippen LogP contribution in [0.4, 0.5) is 0 Å². The number of aldehydes is 1. The minimum atomic E-state index is -0.0916. The molecule has 0 N–H and O–H groups in total. The molecule has 4 fully saturated rings. The molecule has 0 amide bonds. The average molecular weight is 220 g/mol. The molecule has 0 heterocycles. The summed E-state index contributed by atoms with van der Waals surface area (Å²) in [7, 11) is 0. The third-order valence-electron chi connectivity index (χ3n) is 5.31. The van der Waals surface area contributed by atoms with Crippen molar-refractivity contribution in [2.75, 3.05) is 0 Å². The van der Waals surface area contributed by atoms with E-state index in [1.807, 2.05) is 0 Å². The van der Waals surface area contributed by atoms with Gasteiger partial charge >= 0.3 is 0 Å². The summed E-state index contributed by atoms with van der Waals surface area (Å²) in [4.78, 5) is 11.2. The van der Waals surface area contributed by atoms with Crippen molar-refractivity contribution in [3.8, 4) is 0 Å². The molecular weight excluding hydrogens is 196 g/mol. The third-order valence-corrected chi connectivity index (χ3v) is 5.31. The SMILES string of the molecule is CC(C)(C=O)CC12CC3CC(CC(C3)C1)C2. The van der Waals surface area contributed by atoms with Gasteiger partial charge in [-0.1, -0.05) is 13.8 Å². The van der Waals surface area contributed by atoms with Crippen molar-refractivity contribution in [3.05, 3.63) is 0 Å². The van der Waals surface area contributed by atoms with Crippen LogP contribution in [-0.4, -0.2) is 6.29 Å². The highest BCUT2D eigenvalue weighted by atomic mass is 16.1. The molecule has 0 aromatic heterocycles. The van der Waals surface area contributed by atoms with E-state index < -0.39 is 0 Å². The van der Waals surface area contributed by atoms with Gasteiger partial charge in [0, 0.05) is 5.41 Å². The highest BCUT2D eigenvalue weighted by Crippen LogP contribution is 2.62. The minimum Gasteiger partial charge on any atom is -0.303 e. The summed E-state index contributed by atoms with van der Waals surface area (Å²) in [5.74, 6) is 3.02. The highest BCUT2D eigenvalue weighted by Gasteiger charge is 2.52. The van der Waals surface area contributed by atoms with E-state index in [-0.39, 0.29) is 5.41 Å². The number of rotatable bonds is 3. The van der Waals surface area contributed by atoms with Crippen molar-refractivity contribution in [3.63, 3.8) is 0 Å². The van der Waals surface area contributed by atoms with E-state index in [1.165, 1.54) is 44.8 Å². The van der Waals surface area contributed by atoms with Crippen molar-refractivity contribution >= 4 is 6.29 Å². The van der Waals surface area contributed by atoms with Crippen molar-refractivity contribution in [2.45, 2.75) is 58.8 Å². The molecule has 0 aromatic rings. The van der Waals surface area contributed by atoms with Crippen LogP contribution in [0.3, 0.4) is 0 Å². The second kappa shape index (κ2) is 3.34. The molecule has 4 aliphatic rings. The number of carbonyl (C=O) groups is 1. The van der Waals surface area contributed by atoms with Crippen LogP contribution < -0.4 is 0 Å². The molecule has 4 aliphatic carbocycles. The van der Waals surface area contributed by atoms with Gasteiger partial charge in [0.15, 0.2) is 0 Å². The Balaban J connectivity index is 1.81. The lowest BCUT2D eigenvalue weighted by atomic mass is 9.47. The fraction of sp³-hybridized carbons (Fsp3) is 0.933. The molecule has 0 atom stereocenters. The Morgan fingerprint density at radius 1 is 1.06 bits per heavy atom. The van der Waals surface area contributed by atoms with Crippen LogP contribution in [0.15, 0.2) is 0 Å². The van der Waals surface area contributed by atoms with Gasteiger partial charge in [-0.25, -0.2) is 0 Å². The second-order valence-electron chi connectivity index (χ2n) is 7.70. The molecule has 4 bridgehead atoms. The molecule has 1 heteroatoms. The van der Waals surface area contributed by atoms with E-state index in [1.54, 1.807) is 0 Å². The standard InChI is InChI=1S/C15H24O/c1-14(2,10-16)9-15-6-11-3-12(7-15)5-13(4-11)8-15/h10-13H,3-9H2,1-2H3. The van der Waals surface area contributed by atoms with Gasteiger partial charge in [-0.05, 0) is 68.1 Å².